The standard InChI is InChI=1S/C16H20F2N4O2S/c1-10-7-20-14(25-10)9-22-16(19-2)21-8-11-4-5-12(23-3)13(6-11)24-15(17)18/h4-7,15H,8-9H2,1-3H3,(H2,19,21,22). The first-order valence-corrected chi connectivity index (χ1v) is 8.31. The average molecular weight is 370 g/mol. The second kappa shape index (κ2) is 9.16. The van der Waals surface area contributed by atoms with Crippen molar-refractivity contribution in [3.63, 3.8) is 0 Å². The van der Waals surface area contributed by atoms with E-state index < -0.39 is 6.61 Å². The molecule has 2 N–H and O–H groups in total. The quantitative estimate of drug-likeness (QED) is 0.579. The Morgan fingerprint density at radius 3 is 2.64 bits per heavy atom. The molecule has 1 aromatic carbocycles. The van der Waals surface area contributed by atoms with E-state index in [-0.39, 0.29) is 11.5 Å². The van der Waals surface area contributed by atoms with Crippen LogP contribution < -0.4 is 20.1 Å². The van der Waals surface area contributed by atoms with Gasteiger partial charge in [0.2, 0.25) is 0 Å². The van der Waals surface area contributed by atoms with Crippen LogP contribution in [-0.2, 0) is 13.1 Å². The van der Waals surface area contributed by atoms with Crippen LogP contribution in [-0.4, -0.2) is 31.7 Å². The summed E-state index contributed by atoms with van der Waals surface area (Å²) >= 11 is 1.61. The van der Waals surface area contributed by atoms with E-state index in [0.29, 0.717) is 19.0 Å². The number of aromatic nitrogens is 1. The van der Waals surface area contributed by atoms with Crippen LogP contribution in [0.15, 0.2) is 29.4 Å². The van der Waals surface area contributed by atoms with Crippen molar-refractivity contribution >= 4 is 17.3 Å². The van der Waals surface area contributed by atoms with E-state index >= 15 is 0 Å². The van der Waals surface area contributed by atoms with E-state index in [1.54, 1.807) is 30.5 Å². The van der Waals surface area contributed by atoms with Crippen molar-refractivity contribution in [1.82, 2.24) is 15.6 Å². The van der Waals surface area contributed by atoms with E-state index in [2.05, 4.69) is 25.3 Å². The summed E-state index contributed by atoms with van der Waals surface area (Å²) in [5.74, 6) is 0.837. The van der Waals surface area contributed by atoms with Crippen molar-refractivity contribution < 1.29 is 18.3 Å². The number of methoxy groups -OCH3 is 1. The van der Waals surface area contributed by atoms with Crippen molar-refractivity contribution in [3.05, 3.63) is 39.8 Å². The molecule has 136 valence electrons. The molecule has 9 heteroatoms. The Bertz CT molecular complexity index is 722. The fourth-order valence-electron chi connectivity index (χ4n) is 2.07. The first-order valence-electron chi connectivity index (χ1n) is 7.49. The molecule has 0 aliphatic heterocycles. The summed E-state index contributed by atoms with van der Waals surface area (Å²) in [5, 5.41) is 7.22. The van der Waals surface area contributed by atoms with E-state index in [1.165, 1.54) is 13.2 Å². The maximum absolute atomic E-state index is 12.5. The molecule has 0 radical (unpaired) electrons. The summed E-state index contributed by atoms with van der Waals surface area (Å²) in [5.41, 5.74) is 0.754. The molecule has 0 aliphatic rings. The minimum atomic E-state index is -2.91. The Labute approximate surface area is 148 Å². The summed E-state index contributed by atoms with van der Waals surface area (Å²) in [7, 11) is 3.06. The zero-order chi connectivity index (χ0) is 18.2. The number of alkyl halides is 2. The number of hydrogen-bond acceptors (Lipinski definition) is 5. The van der Waals surface area contributed by atoms with Gasteiger partial charge in [-0.3, -0.25) is 4.99 Å². The van der Waals surface area contributed by atoms with E-state index in [1.807, 2.05) is 13.1 Å². The number of halogens is 2. The minimum Gasteiger partial charge on any atom is -0.493 e. The molecule has 0 bridgehead atoms. The highest BCUT2D eigenvalue weighted by atomic mass is 32.1. The van der Waals surface area contributed by atoms with Crippen LogP contribution in [0.3, 0.4) is 0 Å². The monoisotopic (exact) mass is 370 g/mol. The van der Waals surface area contributed by atoms with Crippen LogP contribution in [0.2, 0.25) is 0 Å². The Kier molecular flexibility index (Phi) is 6.93. The van der Waals surface area contributed by atoms with Crippen molar-refractivity contribution in [2.24, 2.45) is 4.99 Å². The minimum absolute atomic E-state index is 0.00185. The topological polar surface area (TPSA) is 67.8 Å². The van der Waals surface area contributed by atoms with Gasteiger partial charge in [0, 0.05) is 24.7 Å². The highest BCUT2D eigenvalue weighted by Crippen LogP contribution is 2.29. The van der Waals surface area contributed by atoms with Gasteiger partial charge in [0.25, 0.3) is 0 Å². The van der Waals surface area contributed by atoms with Crippen LogP contribution in [0.5, 0.6) is 11.5 Å². The van der Waals surface area contributed by atoms with Crippen LogP contribution in [0.4, 0.5) is 8.78 Å². The summed E-state index contributed by atoms with van der Waals surface area (Å²) in [4.78, 5) is 9.54. The number of guanidine groups is 1. The number of nitrogens with one attached hydrogen (secondary N) is 2. The van der Waals surface area contributed by atoms with Gasteiger partial charge in [-0.25, -0.2) is 4.98 Å². The number of thiazole rings is 1. The molecule has 6 nitrogen and oxygen atoms in total. The zero-order valence-electron chi connectivity index (χ0n) is 14.2. The van der Waals surface area contributed by atoms with Gasteiger partial charge >= 0.3 is 6.61 Å². The lowest BCUT2D eigenvalue weighted by molar-refractivity contribution is -0.0512. The van der Waals surface area contributed by atoms with Crippen LogP contribution in [0.25, 0.3) is 0 Å². The number of rotatable bonds is 7. The molecule has 0 aliphatic carbocycles. The number of hydrogen-bond donors (Lipinski definition) is 2. The lowest BCUT2D eigenvalue weighted by atomic mass is 10.2. The van der Waals surface area contributed by atoms with E-state index in [9.17, 15) is 8.78 Å². The lowest BCUT2D eigenvalue weighted by Crippen LogP contribution is -2.36. The SMILES string of the molecule is CN=C(NCc1ccc(OC)c(OC(F)F)c1)NCc1ncc(C)s1. The van der Waals surface area contributed by atoms with Crippen molar-refractivity contribution in [3.8, 4) is 11.5 Å². The van der Waals surface area contributed by atoms with Gasteiger partial charge in [-0.15, -0.1) is 11.3 Å². The first kappa shape index (κ1) is 18.9. The fourth-order valence-corrected chi connectivity index (χ4v) is 2.79. The normalized spacial score (nSPS) is 11.5. The summed E-state index contributed by atoms with van der Waals surface area (Å²) < 4.78 is 34.4. The largest absolute Gasteiger partial charge is 0.493 e. The third-order valence-corrected chi connectivity index (χ3v) is 4.12. The maximum atomic E-state index is 12.5. The predicted octanol–water partition coefficient (Wildman–Crippen LogP) is 2.93. The van der Waals surface area contributed by atoms with Gasteiger partial charge in [0.05, 0.1) is 13.7 Å². The molecular weight excluding hydrogens is 350 g/mol. The molecule has 2 aromatic rings. The predicted molar refractivity (Wildman–Crippen MR) is 93.5 cm³/mol. The molecule has 0 fully saturated rings. The molecule has 0 spiro atoms. The molecule has 0 unspecified atom stereocenters. The van der Waals surface area contributed by atoms with Crippen molar-refractivity contribution in [2.45, 2.75) is 26.6 Å². The Hall–Kier alpha value is -2.42. The van der Waals surface area contributed by atoms with Crippen LogP contribution >= 0.6 is 11.3 Å². The second-order valence-corrected chi connectivity index (χ2v) is 6.33. The second-order valence-electron chi connectivity index (χ2n) is 5.01. The van der Waals surface area contributed by atoms with Gasteiger partial charge in [-0.1, -0.05) is 6.07 Å². The molecule has 0 amide bonds. The Balaban J connectivity index is 1.94. The number of aryl methyl sites for hydroxylation is 1. The molecular formula is C16H20F2N4O2S. The van der Waals surface area contributed by atoms with Gasteiger partial charge in [0.15, 0.2) is 17.5 Å². The highest BCUT2D eigenvalue weighted by Gasteiger charge is 2.11. The maximum Gasteiger partial charge on any atom is 0.387 e. The Morgan fingerprint density at radius 1 is 1.28 bits per heavy atom. The number of nitrogens with zero attached hydrogens (tertiary/aromatic N) is 2. The molecule has 1 aromatic heterocycles. The summed E-state index contributed by atoms with van der Waals surface area (Å²) in [6.45, 7) is 0.0331. The van der Waals surface area contributed by atoms with Crippen molar-refractivity contribution in [2.75, 3.05) is 14.2 Å². The number of ether oxygens (including phenoxy) is 2. The van der Waals surface area contributed by atoms with Crippen molar-refractivity contribution in [1.29, 1.82) is 0 Å². The Morgan fingerprint density at radius 2 is 2.04 bits per heavy atom. The third-order valence-electron chi connectivity index (χ3n) is 3.20. The molecule has 2 rings (SSSR count). The molecule has 1 heterocycles. The molecule has 25 heavy (non-hydrogen) atoms. The smallest absolute Gasteiger partial charge is 0.387 e. The molecule has 0 saturated carbocycles. The highest BCUT2D eigenvalue weighted by molar-refractivity contribution is 7.11. The van der Waals surface area contributed by atoms with E-state index in [0.717, 1.165) is 15.4 Å². The van der Waals surface area contributed by atoms with Gasteiger partial charge in [-0.05, 0) is 24.6 Å². The van der Waals surface area contributed by atoms with Gasteiger partial charge in [-0.2, -0.15) is 8.78 Å². The summed E-state index contributed by atoms with van der Waals surface area (Å²) in [6.07, 6.45) is 1.82. The van der Waals surface area contributed by atoms with Crippen LogP contribution in [0.1, 0.15) is 15.4 Å². The van der Waals surface area contributed by atoms with Crippen LogP contribution in [0, 0.1) is 6.92 Å². The average Bonchev–Trinajstić information content (AvgIpc) is 3.00. The van der Waals surface area contributed by atoms with Gasteiger partial charge in [0.1, 0.15) is 5.01 Å². The number of aliphatic imine (C=N–C) groups is 1. The zero-order valence-corrected chi connectivity index (χ0v) is 15.0. The van der Waals surface area contributed by atoms with Gasteiger partial charge < -0.3 is 20.1 Å². The number of benzene rings is 1. The molecule has 0 atom stereocenters. The summed E-state index contributed by atoms with van der Waals surface area (Å²) in [6, 6.07) is 4.86. The third kappa shape index (κ3) is 5.86. The molecule has 0 saturated heterocycles. The fraction of sp³-hybridized carbons (Fsp3) is 0.375. The lowest BCUT2D eigenvalue weighted by Gasteiger charge is -2.14. The van der Waals surface area contributed by atoms with E-state index in [4.69, 9.17) is 4.74 Å². The first-order chi connectivity index (χ1) is 12.0.